The van der Waals surface area contributed by atoms with Gasteiger partial charge in [0.1, 0.15) is 5.82 Å². The van der Waals surface area contributed by atoms with E-state index in [2.05, 4.69) is 10.2 Å². The number of piperazine rings is 1. The smallest absolute Gasteiger partial charge is 0.317 e. The summed E-state index contributed by atoms with van der Waals surface area (Å²) in [4.78, 5) is 15.8. The Morgan fingerprint density at radius 2 is 1.95 bits per heavy atom. The van der Waals surface area contributed by atoms with Crippen LogP contribution in [0, 0.1) is 5.82 Å². The molecule has 0 saturated carbocycles. The van der Waals surface area contributed by atoms with E-state index in [1.54, 1.807) is 6.07 Å². The Bertz CT molecular complexity index is 444. The highest BCUT2D eigenvalue weighted by Gasteiger charge is 2.21. The average Bonchev–Trinajstić information content (AvgIpc) is 2.48. The minimum Gasteiger partial charge on any atom is -0.338 e. The van der Waals surface area contributed by atoms with Crippen molar-refractivity contribution in [2.75, 3.05) is 32.7 Å². The van der Waals surface area contributed by atoms with E-state index < -0.39 is 0 Å². The van der Waals surface area contributed by atoms with E-state index in [0.717, 1.165) is 25.1 Å². The summed E-state index contributed by atoms with van der Waals surface area (Å²) in [6, 6.07) is 6.87. The molecule has 1 aliphatic heterocycles. The highest BCUT2D eigenvalue weighted by atomic mass is 19.1. The Kier molecular flexibility index (Phi) is 5.35. The van der Waals surface area contributed by atoms with Crippen LogP contribution in [0.3, 0.4) is 0 Å². The number of carbonyl (C=O) groups excluding carboxylic acids is 1. The van der Waals surface area contributed by atoms with Crippen LogP contribution in [0.5, 0.6) is 0 Å². The molecule has 1 fully saturated rings. The van der Waals surface area contributed by atoms with Crippen molar-refractivity contribution < 1.29 is 9.18 Å². The van der Waals surface area contributed by atoms with Gasteiger partial charge in [0, 0.05) is 44.8 Å². The van der Waals surface area contributed by atoms with Crippen LogP contribution in [0.15, 0.2) is 24.3 Å². The lowest BCUT2D eigenvalue weighted by Crippen LogP contribution is -2.51. The Labute approximate surface area is 119 Å². The van der Waals surface area contributed by atoms with E-state index in [1.807, 2.05) is 24.0 Å². The zero-order chi connectivity index (χ0) is 14.4. The summed E-state index contributed by atoms with van der Waals surface area (Å²) < 4.78 is 13.6. The van der Waals surface area contributed by atoms with Crippen LogP contribution in [-0.4, -0.2) is 48.6 Å². The minimum absolute atomic E-state index is 0.0115. The molecule has 0 aromatic heterocycles. The van der Waals surface area contributed by atoms with E-state index in [4.69, 9.17) is 0 Å². The van der Waals surface area contributed by atoms with Crippen molar-refractivity contribution in [1.29, 1.82) is 0 Å². The van der Waals surface area contributed by atoms with Gasteiger partial charge >= 0.3 is 6.03 Å². The SMILES string of the molecule is CCCNC(=O)N1CCN(Cc2ccccc2F)CC1. The van der Waals surface area contributed by atoms with Crippen LogP contribution < -0.4 is 5.32 Å². The average molecular weight is 279 g/mol. The highest BCUT2D eigenvalue weighted by Crippen LogP contribution is 2.12. The van der Waals surface area contributed by atoms with Crippen LogP contribution in [0.25, 0.3) is 0 Å². The molecule has 1 N–H and O–H groups in total. The van der Waals surface area contributed by atoms with Crippen molar-refractivity contribution >= 4 is 6.03 Å². The molecule has 1 aliphatic rings. The van der Waals surface area contributed by atoms with Gasteiger partial charge in [0.2, 0.25) is 0 Å². The predicted octanol–water partition coefficient (Wildman–Crippen LogP) is 2.06. The van der Waals surface area contributed by atoms with Crippen molar-refractivity contribution in [3.8, 4) is 0 Å². The fourth-order valence-electron chi connectivity index (χ4n) is 2.32. The molecule has 4 nitrogen and oxygen atoms in total. The van der Waals surface area contributed by atoms with Gasteiger partial charge in [-0.3, -0.25) is 4.90 Å². The molecule has 0 radical (unpaired) electrons. The number of amides is 2. The Hall–Kier alpha value is -1.62. The lowest BCUT2D eigenvalue weighted by Gasteiger charge is -2.34. The minimum atomic E-state index is -0.157. The molecule has 1 aromatic rings. The fraction of sp³-hybridized carbons (Fsp3) is 0.533. The Morgan fingerprint density at radius 3 is 2.60 bits per heavy atom. The molecule has 20 heavy (non-hydrogen) atoms. The van der Waals surface area contributed by atoms with Gasteiger partial charge in [-0.05, 0) is 12.5 Å². The van der Waals surface area contributed by atoms with E-state index >= 15 is 0 Å². The number of hydrogen-bond acceptors (Lipinski definition) is 2. The molecule has 2 amide bonds. The third-order valence-corrected chi connectivity index (χ3v) is 3.54. The zero-order valence-corrected chi connectivity index (χ0v) is 11.9. The second kappa shape index (κ2) is 7.24. The first-order valence-electron chi connectivity index (χ1n) is 7.19. The predicted molar refractivity (Wildman–Crippen MR) is 76.9 cm³/mol. The molecule has 1 heterocycles. The number of halogens is 1. The highest BCUT2D eigenvalue weighted by molar-refractivity contribution is 5.74. The van der Waals surface area contributed by atoms with Gasteiger partial charge in [0.15, 0.2) is 0 Å². The van der Waals surface area contributed by atoms with Crippen molar-refractivity contribution in [3.05, 3.63) is 35.6 Å². The molecule has 110 valence electrons. The Balaban J connectivity index is 1.80. The van der Waals surface area contributed by atoms with E-state index in [9.17, 15) is 9.18 Å². The number of hydrogen-bond donors (Lipinski definition) is 1. The normalized spacial score (nSPS) is 16.2. The summed E-state index contributed by atoms with van der Waals surface area (Å²) >= 11 is 0. The zero-order valence-electron chi connectivity index (χ0n) is 11.9. The summed E-state index contributed by atoms with van der Waals surface area (Å²) in [5.74, 6) is -0.157. The maximum Gasteiger partial charge on any atom is 0.317 e. The quantitative estimate of drug-likeness (QED) is 0.915. The van der Waals surface area contributed by atoms with Crippen LogP contribution >= 0.6 is 0 Å². The number of rotatable bonds is 4. The molecule has 1 saturated heterocycles. The van der Waals surface area contributed by atoms with Gasteiger partial charge in [-0.2, -0.15) is 0 Å². The van der Waals surface area contributed by atoms with Gasteiger partial charge in [0.05, 0.1) is 0 Å². The lowest BCUT2D eigenvalue weighted by atomic mass is 10.2. The first kappa shape index (κ1) is 14.8. The van der Waals surface area contributed by atoms with Crippen molar-refractivity contribution in [2.24, 2.45) is 0 Å². The van der Waals surface area contributed by atoms with E-state index in [-0.39, 0.29) is 11.8 Å². The Morgan fingerprint density at radius 1 is 1.25 bits per heavy atom. The first-order valence-corrected chi connectivity index (χ1v) is 7.19. The topological polar surface area (TPSA) is 35.6 Å². The third-order valence-electron chi connectivity index (χ3n) is 3.54. The number of nitrogens with zero attached hydrogens (tertiary/aromatic N) is 2. The third kappa shape index (κ3) is 3.93. The number of nitrogens with one attached hydrogen (secondary N) is 1. The number of urea groups is 1. The second-order valence-corrected chi connectivity index (χ2v) is 5.09. The van der Waals surface area contributed by atoms with E-state index in [0.29, 0.717) is 26.2 Å². The largest absolute Gasteiger partial charge is 0.338 e. The van der Waals surface area contributed by atoms with Crippen LogP contribution in [-0.2, 0) is 6.54 Å². The summed E-state index contributed by atoms with van der Waals surface area (Å²) in [5, 5.41) is 2.88. The van der Waals surface area contributed by atoms with Crippen molar-refractivity contribution in [1.82, 2.24) is 15.1 Å². The maximum absolute atomic E-state index is 13.6. The molecule has 0 atom stereocenters. The molecular formula is C15H22FN3O. The molecule has 0 spiro atoms. The van der Waals surface area contributed by atoms with Crippen LogP contribution in [0.1, 0.15) is 18.9 Å². The monoisotopic (exact) mass is 279 g/mol. The molecule has 5 heteroatoms. The lowest BCUT2D eigenvalue weighted by molar-refractivity contribution is 0.134. The van der Waals surface area contributed by atoms with Gasteiger partial charge in [-0.1, -0.05) is 25.1 Å². The maximum atomic E-state index is 13.6. The summed E-state index contributed by atoms with van der Waals surface area (Å²) in [6.07, 6.45) is 0.943. The van der Waals surface area contributed by atoms with Crippen LogP contribution in [0.4, 0.5) is 9.18 Å². The number of benzene rings is 1. The number of carbonyl (C=O) groups is 1. The molecule has 0 aliphatic carbocycles. The standard InChI is InChI=1S/C15H22FN3O/c1-2-7-17-15(20)19-10-8-18(9-11-19)12-13-5-3-4-6-14(13)16/h3-6H,2,7-12H2,1H3,(H,17,20). The van der Waals surface area contributed by atoms with Crippen LogP contribution in [0.2, 0.25) is 0 Å². The molecule has 0 bridgehead atoms. The molecule has 0 unspecified atom stereocenters. The van der Waals surface area contributed by atoms with Crippen molar-refractivity contribution in [3.63, 3.8) is 0 Å². The van der Waals surface area contributed by atoms with Gasteiger partial charge < -0.3 is 10.2 Å². The van der Waals surface area contributed by atoms with Gasteiger partial charge in [-0.25, -0.2) is 9.18 Å². The summed E-state index contributed by atoms with van der Waals surface area (Å²) in [5.41, 5.74) is 0.719. The van der Waals surface area contributed by atoms with E-state index in [1.165, 1.54) is 6.07 Å². The molecule has 1 aromatic carbocycles. The van der Waals surface area contributed by atoms with Crippen molar-refractivity contribution in [2.45, 2.75) is 19.9 Å². The summed E-state index contributed by atoms with van der Waals surface area (Å²) in [7, 11) is 0. The summed E-state index contributed by atoms with van der Waals surface area (Å²) in [6.45, 7) is 6.33. The first-order chi connectivity index (χ1) is 9.70. The molecular weight excluding hydrogens is 257 g/mol. The second-order valence-electron chi connectivity index (χ2n) is 5.09. The fourth-order valence-corrected chi connectivity index (χ4v) is 2.32. The van der Waals surface area contributed by atoms with Gasteiger partial charge in [-0.15, -0.1) is 0 Å². The van der Waals surface area contributed by atoms with Gasteiger partial charge in [0.25, 0.3) is 0 Å². The molecule has 2 rings (SSSR count).